The van der Waals surface area contributed by atoms with E-state index in [0.29, 0.717) is 5.56 Å². The minimum absolute atomic E-state index is 0.132. The van der Waals surface area contributed by atoms with Crippen molar-refractivity contribution in [2.45, 2.75) is 13.3 Å². The quantitative estimate of drug-likeness (QED) is 0.784. The SMILES string of the molecule is CCc1cccc(NC(=O)c2cccc3cccnc23)c1. The smallest absolute Gasteiger partial charge is 0.257 e. The Morgan fingerprint density at radius 1 is 1.10 bits per heavy atom. The maximum Gasteiger partial charge on any atom is 0.257 e. The van der Waals surface area contributed by atoms with Crippen molar-refractivity contribution in [1.29, 1.82) is 0 Å². The van der Waals surface area contributed by atoms with Gasteiger partial charge < -0.3 is 5.32 Å². The van der Waals surface area contributed by atoms with Crippen molar-refractivity contribution in [1.82, 2.24) is 4.98 Å². The third-order valence-electron chi connectivity index (χ3n) is 3.47. The van der Waals surface area contributed by atoms with Crippen LogP contribution in [0.4, 0.5) is 5.69 Å². The predicted molar refractivity (Wildman–Crippen MR) is 85.5 cm³/mol. The Hall–Kier alpha value is -2.68. The number of carbonyl (C=O) groups is 1. The van der Waals surface area contributed by atoms with Crippen LogP contribution in [0.25, 0.3) is 10.9 Å². The number of aryl methyl sites for hydroxylation is 1. The van der Waals surface area contributed by atoms with Crippen LogP contribution in [0.15, 0.2) is 60.8 Å². The van der Waals surface area contributed by atoms with Gasteiger partial charge in [0, 0.05) is 17.3 Å². The summed E-state index contributed by atoms with van der Waals surface area (Å²) < 4.78 is 0. The molecule has 3 heteroatoms. The molecule has 0 saturated carbocycles. The summed E-state index contributed by atoms with van der Waals surface area (Å²) in [6, 6.07) is 17.4. The van der Waals surface area contributed by atoms with E-state index in [1.807, 2.05) is 42.5 Å². The molecule has 0 spiro atoms. The zero-order valence-electron chi connectivity index (χ0n) is 11.8. The molecular formula is C18H16N2O. The number of hydrogen-bond acceptors (Lipinski definition) is 2. The highest BCUT2D eigenvalue weighted by Gasteiger charge is 2.11. The molecule has 21 heavy (non-hydrogen) atoms. The molecule has 0 radical (unpaired) electrons. The van der Waals surface area contributed by atoms with E-state index >= 15 is 0 Å². The lowest BCUT2D eigenvalue weighted by Gasteiger charge is -2.08. The molecule has 1 amide bonds. The number of anilines is 1. The van der Waals surface area contributed by atoms with E-state index in [4.69, 9.17) is 0 Å². The van der Waals surface area contributed by atoms with Gasteiger partial charge in [-0.05, 0) is 36.2 Å². The highest BCUT2D eigenvalue weighted by Crippen LogP contribution is 2.18. The molecule has 0 unspecified atom stereocenters. The van der Waals surface area contributed by atoms with Crippen molar-refractivity contribution in [3.05, 3.63) is 71.9 Å². The molecule has 104 valence electrons. The van der Waals surface area contributed by atoms with Gasteiger partial charge in [0.2, 0.25) is 0 Å². The molecule has 0 aliphatic heterocycles. The van der Waals surface area contributed by atoms with Crippen LogP contribution in [0.2, 0.25) is 0 Å². The molecule has 0 fully saturated rings. The molecule has 0 aliphatic rings. The van der Waals surface area contributed by atoms with E-state index in [-0.39, 0.29) is 5.91 Å². The minimum Gasteiger partial charge on any atom is -0.322 e. The van der Waals surface area contributed by atoms with Crippen molar-refractivity contribution < 1.29 is 4.79 Å². The van der Waals surface area contributed by atoms with Crippen LogP contribution >= 0.6 is 0 Å². The van der Waals surface area contributed by atoms with Gasteiger partial charge in [-0.3, -0.25) is 9.78 Å². The minimum atomic E-state index is -0.132. The Morgan fingerprint density at radius 2 is 1.90 bits per heavy atom. The maximum absolute atomic E-state index is 12.5. The Kier molecular flexibility index (Phi) is 3.65. The van der Waals surface area contributed by atoms with Crippen LogP contribution in [0.5, 0.6) is 0 Å². The van der Waals surface area contributed by atoms with Gasteiger partial charge in [-0.15, -0.1) is 0 Å². The average molecular weight is 276 g/mol. The number of nitrogens with one attached hydrogen (secondary N) is 1. The number of benzene rings is 2. The van der Waals surface area contributed by atoms with Crippen LogP contribution in [0, 0.1) is 0 Å². The normalized spacial score (nSPS) is 10.5. The molecule has 1 heterocycles. The van der Waals surface area contributed by atoms with Gasteiger partial charge in [0.25, 0.3) is 5.91 Å². The van der Waals surface area contributed by atoms with E-state index in [1.54, 1.807) is 12.3 Å². The summed E-state index contributed by atoms with van der Waals surface area (Å²) in [7, 11) is 0. The van der Waals surface area contributed by atoms with Gasteiger partial charge in [0.05, 0.1) is 11.1 Å². The van der Waals surface area contributed by atoms with E-state index in [9.17, 15) is 4.79 Å². The zero-order valence-corrected chi connectivity index (χ0v) is 11.8. The van der Waals surface area contributed by atoms with Crippen molar-refractivity contribution in [3.8, 4) is 0 Å². The molecule has 0 atom stereocenters. The first-order chi connectivity index (χ1) is 10.3. The fourth-order valence-electron chi connectivity index (χ4n) is 2.35. The monoisotopic (exact) mass is 276 g/mol. The molecule has 3 rings (SSSR count). The molecule has 1 aromatic heterocycles. The number of para-hydroxylation sites is 1. The molecule has 0 saturated heterocycles. The highest BCUT2D eigenvalue weighted by molar-refractivity contribution is 6.11. The number of nitrogens with zero attached hydrogens (tertiary/aromatic N) is 1. The van der Waals surface area contributed by atoms with Gasteiger partial charge >= 0.3 is 0 Å². The molecule has 0 bridgehead atoms. The lowest BCUT2D eigenvalue weighted by molar-refractivity contribution is 0.102. The summed E-state index contributed by atoms with van der Waals surface area (Å²) in [6.07, 6.45) is 2.65. The summed E-state index contributed by atoms with van der Waals surface area (Å²) in [5.74, 6) is -0.132. The van der Waals surface area contributed by atoms with Gasteiger partial charge in [-0.2, -0.15) is 0 Å². The van der Waals surface area contributed by atoms with Crippen LogP contribution in [0.3, 0.4) is 0 Å². The fourth-order valence-corrected chi connectivity index (χ4v) is 2.35. The first kappa shape index (κ1) is 13.3. The fraction of sp³-hybridized carbons (Fsp3) is 0.111. The molecule has 2 aromatic carbocycles. The first-order valence-electron chi connectivity index (χ1n) is 7.02. The zero-order chi connectivity index (χ0) is 14.7. The first-order valence-corrected chi connectivity index (χ1v) is 7.02. The number of carbonyl (C=O) groups excluding carboxylic acids is 1. The maximum atomic E-state index is 12.5. The Balaban J connectivity index is 1.93. The molecule has 1 N–H and O–H groups in total. The van der Waals surface area contributed by atoms with Gasteiger partial charge in [-0.25, -0.2) is 0 Å². The Bertz CT molecular complexity index is 791. The lowest BCUT2D eigenvalue weighted by atomic mass is 10.1. The lowest BCUT2D eigenvalue weighted by Crippen LogP contribution is -2.12. The van der Waals surface area contributed by atoms with Crippen LogP contribution in [-0.2, 0) is 6.42 Å². The standard InChI is InChI=1S/C18H16N2O/c1-2-13-6-3-9-15(12-13)20-18(21)16-10-4-7-14-8-5-11-19-17(14)16/h3-12H,2H2,1H3,(H,20,21). The number of fused-ring (bicyclic) bond motifs is 1. The Labute approximate surface area is 123 Å². The summed E-state index contributed by atoms with van der Waals surface area (Å²) in [4.78, 5) is 16.8. The Morgan fingerprint density at radius 3 is 2.76 bits per heavy atom. The highest BCUT2D eigenvalue weighted by atomic mass is 16.1. The molecule has 3 nitrogen and oxygen atoms in total. The number of rotatable bonds is 3. The van der Waals surface area contributed by atoms with Crippen LogP contribution in [-0.4, -0.2) is 10.9 Å². The van der Waals surface area contributed by atoms with Crippen molar-refractivity contribution in [2.24, 2.45) is 0 Å². The molecule has 0 aliphatic carbocycles. The number of aromatic nitrogens is 1. The summed E-state index contributed by atoms with van der Waals surface area (Å²) in [5.41, 5.74) is 3.33. The van der Waals surface area contributed by atoms with Crippen LogP contribution < -0.4 is 5.32 Å². The second-order valence-electron chi connectivity index (χ2n) is 4.89. The van der Waals surface area contributed by atoms with Crippen molar-refractivity contribution in [3.63, 3.8) is 0 Å². The van der Waals surface area contributed by atoms with Crippen molar-refractivity contribution in [2.75, 3.05) is 5.32 Å². The number of hydrogen-bond donors (Lipinski definition) is 1. The predicted octanol–water partition coefficient (Wildman–Crippen LogP) is 4.05. The average Bonchev–Trinajstić information content (AvgIpc) is 2.54. The van der Waals surface area contributed by atoms with Gasteiger partial charge in [0.1, 0.15) is 0 Å². The second-order valence-corrected chi connectivity index (χ2v) is 4.89. The van der Waals surface area contributed by atoms with E-state index < -0.39 is 0 Å². The van der Waals surface area contributed by atoms with E-state index in [0.717, 1.165) is 23.0 Å². The summed E-state index contributed by atoms with van der Waals surface area (Å²) >= 11 is 0. The van der Waals surface area contributed by atoms with E-state index in [2.05, 4.69) is 23.3 Å². The van der Waals surface area contributed by atoms with E-state index in [1.165, 1.54) is 5.56 Å². The van der Waals surface area contributed by atoms with Crippen molar-refractivity contribution >= 4 is 22.5 Å². The second kappa shape index (κ2) is 5.75. The number of amides is 1. The molecule has 3 aromatic rings. The van der Waals surface area contributed by atoms with Gasteiger partial charge in [-0.1, -0.05) is 37.3 Å². The topological polar surface area (TPSA) is 42.0 Å². The summed E-state index contributed by atoms with van der Waals surface area (Å²) in [5, 5.41) is 3.91. The summed E-state index contributed by atoms with van der Waals surface area (Å²) in [6.45, 7) is 2.09. The molecular weight excluding hydrogens is 260 g/mol. The third kappa shape index (κ3) is 2.77. The largest absolute Gasteiger partial charge is 0.322 e. The number of pyridine rings is 1. The third-order valence-corrected chi connectivity index (χ3v) is 3.47. The van der Waals surface area contributed by atoms with Crippen LogP contribution in [0.1, 0.15) is 22.8 Å². The van der Waals surface area contributed by atoms with Gasteiger partial charge in [0.15, 0.2) is 0 Å².